The molecule has 11 heterocycles. The number of thiophene rings is 2. The summed E-state index contributed by atoms with van der Waals surface area (Å²) in [7, 11) is 12.6. The lowest BCUT2D eigenvalue weighted by molar-refractivity contribution is 0.205. The Bertz CT molecular complexity index is 8560. The van der Waals surface area contributed by atoms with Crippen molar-refractivity contribution in [2.24, 2.45) is 39.7 Å². The Morgan fingerprint density at radius 3 is 1.09 bits per heavy atom. The van der Waals surface area contributed by atoms with E-state index in [2.05, 4.69) is 31.0 Å². The molecule has 0 spiro atoms. The summed E-state index contributed by atoms with van der Waals surface area (Å²) in [5.74, 6) is 1.17. The van der Waals surface area contributed by atoms with Gasteiger partial charge >= 0.3 is 22.8 Å². The Morgan fingerprint density at radius 1 is 0.380 bits per heavy atom. The highest BCUT2D eigenvalue weighted by atomic mass is 32.1. The van der Waals surface area contributed by atoms with E-state index in [9.17, 15) is 28.0 Å². The molecule has 9 aromatic carbocycles. The van der Waals surface area contributed by atoms with Crippen molar-refractivity contribution in [3.8, 4) is 93.0 Å². The minimum absolute atomic E-state index is 0.00784. The summed E-state index contributed by atoms with van der Waals surface area (Å²) in [4.78, 5) is 77.8. The van der Waals surface area contributed by atoms with Gasteiger partial charge in [0.1, 0.15) is 48.7 Å². The summed E-state index contributed by atoms with van der Waals surface area (Å²) in [5, 5.41) is 42.8. The number of aryl methyl sites for hydroxylation is 4. The van der Waals surface area contributed by atoms with Gasteiger partial charge in [0.25, 0.3) is 0 Å². The fourth-order valence-electron chi connectivity index (χ4n) is 15.9. The summed E-state index contributed by atoms with van der Waals surface area (Å²) >= 11 is 4.62. The van der Waals surface area contributed by atoms with Gasteiger partial charge in [-0.1, -0.05) is 24.3 Å². The van der Waals surface area contributed by atoms with Crippen molar-refractivity contribution in [2.75, 3.05) is 41.5 Å². The molecule has 4 N–H and O–H groups in total. The molecule has 684 valence electrons. The highest BCUT2D eigenvalue weighted by molar-refractivity contribution is 7.10. The third kappa shape index (κ3) is 17.4. The van der Waals surface area contributed by atoms with E-state index in [0.717, 1.165) is 43.7 Å². The average Bonchev–Trinajstić information content (AvgIpc) is 1.61. The second kappa shape index (κ2) is 38.9. The van der Waals surface area contributed by atoms with E-state index < -0.39 is 46.7 Å². The third-order valence-electron chi connectivity index (χ3n) is 22.8. The zero-order valence-electron chi connectivity index (χ0n) is 73.7. The van der Waals surface area contributed by atoms with E-state index in [1.807, 2.05) is 65.4 Å². The van der Waals surface area contributed by atoms with Crippen LogP contribution in [0.3, 0.4) is 0 Å². The number of methoxy groups -OCH3 is 4. The number of benzene rings is 9. The van der Waals surface area contributed by atoms with Crippen LogP contribution in [0, 0.1) is 68.6 Å². The maximum atomic E-state index is 15.1. The first-order valence-electron chi connectivity index (χ1n) is 41.6. The molecule has 31 nitrogen and oxygen atoms in total. The minimum Gasteiger partial charge on any atom is -0.493 e. The van der Waals surface area contributed by atoms with Crippen LogP contribution in [0.4, 0.5) is 17.6 Å². The molecule has 11 aromatic heterocycles. The van der Waals surface area contributed by atoms with Gasteiger partial charge in [-0.25, -0.2) is 36.7 Å². The van der Waals surface area contributed by atoms with Crippen LogP contribution < -0.4 is 72.1 Å². The van der Waals surface area contributed by atoms with Crippen molar-refractivity contribution in [1.29, 1.82) is 21.0 Å². The number of ether oxygens (including phenoxy) is 8. The Labute approximate surface area is 785 Å². The van der Waals surface area contributed by atoms with E-state index in [0.29, 0.717) is 153 Å². The van der Waals surface area contributed by atoms with Gasteiger partial charge in [0, 0.05) is 103 Å². The zero-order valence-corrected chi connectivity index (χ0v) is 76.2. The molecule has 0 aliphatic heterocycles. The molecule has 0 aliphatic rings. The lowest BCUT2D eigenvalue weighted by Crippen LogP contribution is -2.21. The van der Waals surface area contributed by atoms with Gasteiger partial charge in [0.05, 0.1) is 199 Å². The summed E-state index contributed by atoms with van der Waals surface area (Å²) in [6.07, 6.45) is 7.04. The smallest absolute Gasteiger partial charge is 0.333 e. The van der Waals surface area contributed by atoms with Crippen molar-refractivity contribution >= 4 is 122 Å². The highest BCUT2D eigenvalue weighted by Crippen LogP contribution is 2.43. The van der Waals surface area contributed by atoms with Crippen LogP contribution in [0.1, 0.15) is 54.7 Å². The van der Waals surface area contributed by atoms with Crippen molar-refractivity contribution in [3.63, 3.8) is 0 Å². The zero-order chi connectivity index (χ0) is 96.3. The molecule has 0 saturated heterocycles. The predicted molar refractivity (Wildman–Crippen MR) is 511 cm³/mol. The summed E-state index contributed by atoms with van der Waals surface area (Å²) in [6.45, 7) is 1.06. The maximum Gasteiger partial charge on any atom is 0.333 e. The van der Waals surface area contributed by atoms with Crippen LogP contribution in [0.25, 0.3) is 110 Å². The number of pyridine rings is 4. The maximum absolute atomic E-state index is 15.1. The van der Waals surface area contributed by atoms with Crippen LogP contribution in [-0.4, -0.2) is 103 Å². The molecule has 38 heteroatoms. The highest BCUT2D eigenvalue weighted by Gasteiger charge is 2.29. The van der Waals surface area contributed by atoms with Gasteiger partial charge in [-0.15, -0.1) is 34.0 Å². The number of rotatable bonds is 22. The molecule has 0 fully saturated rings. The second-order valence-corrected chi connectivity index (χ2v) is 33.6. The predicted octanol–water partition coefficient (Wildman–Crippen LogP) is 16.5. The SMILES string of the molecule is COc1cc2ncc3c(c2cc1OC(CN)c1ccc(F)cc1)n(-c1ccc(C#N)cc1F)c(=O)n3C.COc1cc2ncc3c(c2cc1OC(CN)c1cccs1)n(-c1ccc(C#N)cc1F)c(=O)n3C.COc1cc2ncc3c(c2cc1OCc1cccs1)n(-c1ccc(C#N)cc1)c(=O)n3C.COc1cc2ncc3c(c2cc1OCc1cncs1)n(-c1ccc(C#N)cc1F)c(=O)n3C. The number of halogens is 4. The number of thiazole rings is 1. The van der Waals surface area contributed by atoms with E-state index in [4.69, 9.17) is 70.4 Å². The van der Waals surface area contributed by atoms with E-state index in [1.165, 1.54) is 126 Å². The summed E-state index contributed by atoms with van der Waals surface area (Å²) in [6, 6.07) is 54.2. The number of nitrogens with two attached hydrogens (primary N) is 2. The minimum atomic E-state index is -0.719. The largest absolute Gasteiger partial charge is 0.493 e. The number of nitriles is 4. The monoisotopic (exact) mass is 1890 g/mol. The van der Waals surface area contributed by atoms with Gasteiger partial charge < -0.3 is 49.4 Å². The molecule has 2 atom stereocenters. The Kier molecular flexibility index (Phi) is 26.0. The lowest BCUT2D eigenvalue weighted by atomic mass is 10.1. The van der Waals surface area contributed by atoms with E-state index >= 15 is 8.78 Å². The standard InChI is InChI=1S/C27H21F2N5O3.C25H20FN5O3S.C24H18N4O3S.C23H16FN5O3S/c1-33-22-14-32-20-11-23(36-2)24(37-25(13-31)16-4-6-17(28)7-5-16)10-18(20)26(22)34(27(33)35)21-8-3-15(12-30)9-19(21)29;1-30-19-13-29-17-10-20(33-2)21(34-22(12-28)23-4-3-7-35-23)9-15(17)24(19)31(25(30)32)18-6-5-14(11-27)8-16(18)26;1-27-20-13-26-19-11-21(30-2)22(31-14-17-4-3-9-32-17)10-18(19)23(20)28(24(27)29)16-7-5-15(12-25)6-8-16;1-28-19-10-27-17-7-20(31-2)21(32-11-14-9-26-12-33-14)6-15(17)22(19)29(23(28)30)18-4-3-13(8-25)5-16(18)24/h3-11,14,25H,13,31H2,1-2H3;3-10,13,22H,12,28H2,1-2H3;3-11,13H,14H2,1-2H3;3-7,9-10,12H,11H2,1-2H3. The number of fused-ring (bicyclic) bond motifs is 12. The quantitative estimate of drug-likeness (QED) is 0.0595. The van der Waals surface area contributed by atoms with E-state index in [-0.39, 0.29) is 58.3 Å². The lowest BCUT2D eigenvalue weighted by Gasteiger charge is -2.20. The van der Waals surface area contributed by atoms with Crippen LogP contribution >= 0.6 is 34.0 Å². The normalized spacial score (nSPS) is 11.6. The number of aromatic nitrogens is 13. The fourth-order valence-corrected chi connectivity index (χ4v) is 17.8. The Hall–Kier alpha value is -17.3. The fraction of sp³-hybridized carbons (Fsp3) is 0.141. The molecule has 0 aliphatic carbocycles. The van der Waals surface area contributed by atoms with Crippen LogP contribution in [0.15, 0.2) is 242 Å². The number of nitrogens with zero attached hydrogens (tertiary/aromatic N) is 17. The molecule has 0 saturated carbocycles. The van der Waals surface area contributed by atoms with Crippen molar-refractivity contribution in [1.82, 2.24) is 61.5 Å². The number of hydrogen-bond donors (Lipinski definition) is 2. The molecule has 0 bridgehead atoms. The van der Waals surface area contributed by atoms with Gasteiger partial charge in [-0.05, 0) is 144 Å². The average molecular weight is 1900 g/mol. The molecule has 0 radical (unpaired) electrons. The molecular weight excluding hydrogens is 1820 g/mol. The molecule has 137 heavy (non-hydrogen) atoms. The number of imidazole rings is 4. The van der Waals surface area contributed by atoms with E-state index in [1.54, 1.807) is 159 Å². The molecule has 2 unspecified atom stereocenters. The van der Waals surface area contributed by atoms with Gasteiger partial charge in [0.2, 0.25) is 0 Å². The van der Waals surface area contributed by atoms with Crippen LogP contribution in [0.5, 0.6) is 46.0 Å². The third-order valence-corrected chi connectivity index (χ3v) is 25.3. The van der Waals surface area contributed by atoms with Crippen LogP contribution in [0.2, 0.25) is 0 Å². The van der Waals surface area contributed by atoms with Crippen molar-refractivity contribution in [3.05, 3.63) is 331 Å². The van der Waals surface area contributed by atoms with Crippen molar-refractivity contribution < 1.29 is 55.5 Å². The van der Waals surface area contributed by atoms with Gasteiger partial charge in [-0.2, -0.15) is 21.0 Å². The topological polar surface area (TPSA) is 393 Å². The van der Waals surface area contributed by atoms with Crippen LogP contribution in [-0.2, 0) is 41.4 Å². The van der Waals surface area contributed by atoms with Gasteiger partial charge in [-0.3, -0.25) is 61.5 Å². The molecular formula is C99H75F4N19O12S3. The summed E-state index contributed by atoms with van der Waals surface area (Å²) in [5.41, 5.74) is 21.0. The van der Waals surface area contributed by atoms with Gasteiger partial charge in [0.15, 0.2) is 46.0 Å². The summed E-state index contributed by atoms with van der Waals surface area (Å²) < 4.78 is 116. The number of hydrogen-bond acceptors (Lipinski definition) is 26. The second-order valence-electron chi connectivity index (χ2n) is 30.6. The molecule has 20 aromatic rings. The molecule has 0 amide bonds. The Balaban J connectivity index is 0.000000127. The Morgan fingerprint density at radius 2 is 0.737 bits per heavy atom. The van der Waals surface area contributed by atoms with Crippen molar-refractivity contribution in [2.45, 2.75) is 25.4 Å². The first-order chi connectivity index (χ1) is 66.4. The first kappa shape index (κ1) is 91.6. The molecule has 20 rings (SSSR count). The first-order valence-corrected chi connectivity index (χ1v) is 44.2.